The first-order chi connectivity index (χ1) is 9.49. The van der Waals surface area contributed by atoms with E-state index in [1.807, 2.05) is 0 Å². The highest BCUT2D eigenvalue weighted by atomic mass is 19.1. The number of amides is 1. The Morgan fingerprint density at radius 2 is 2.15 bits per heavy atom. The minimum absolute atomic E-state index is 0.0782. The first kappa shape index (κ1) is 13.6. The van der Waals surface area contributed by atoms with Gasteiger partial charge in [0.1, 0.15) is 0 Å². The van der Waals surface area contributed by atoms with Crippen LogP contribution < -0.4 is 5.32 Å². The van der Waals surface area contributed by atoms with Gasteiger partial charge in [0.05, 0.1) is 4.92 Å². The van der Waals surface area contributed by atoms with E-state index in [1.54, 1.807) is 0 Å². The third-order valence-corrected chi connectivity index (χ3v) is 2.65. The highest BCUT2D eigenvalue weighted by Gasteiger charge is 2.15. The minimum atomic E-state index is -0.653. The van der Waals surface area contributed by atoms with Gasteiger partial charge in [0, 0.05) is 23.4 Å². The Morgan fingerprint density at radius 1 is 1.40 bits per heavy atom. The Bertz CT molecular complexity index is 688. The van der Waals surface area contributed by atoms with E-state index in [9.17, 15) is 19.3 Å². The van der Waals surface area contributed by atoms with Gasteiger partial charge in [-0.05, 0) is 31.2 Å². The molecule has 2 rings (SSSR count). The molecule has 1 aromatic carbocycles. The predicted octanol–water partition coefficient (Wildman–Crippen LogP) is 2.69. The number of halogens is 1. The van der Waals surface area contributed by atoms with Gasteiger partial charge < -0.3 is 5.32 Å². The molecule has 0 unspecified atom stereocenters. The third kappa shape index (κ3) is 2.77. The molecule has 0 atom stereocenters. The number of hydrogen-bond donors (Lipinski definition) is 1. The van der Waals surface area contributed by atoms with E-state index in [4.69, 9.17) is 0 Å². The Hall–Kier alpha value is -2.83. The quantitative estimate of drug-likeness (QED) is 0.689. The molecule has 0 radical (unpaired) electrons. The van der Waals surface area contributed by atoms with Crippen LogP contribution in [0.4, 0.5) is 15.9 Å². The van der Waals surface area contributed by atoms with Gasteiger partial charge in [-0.1, -0.05) is 0 Å². The van der Waals surface area contributed by atoms with Crippen molar-refractivity contribution in [1.82, 2.24) is 4.98 Å². The summed E-state index contributed by atoms with van der Waals surface area (Å²) in [4.78, 5) is 25.8. The molecule has 1 amide bonds. The Labute approximate surface area is 113 Å². The molecule has 0 spiro atoms. The molecule has 0 saturated carbocycles. The van der Waals surface area contributed by atoms with Crippen LogP contribution in [0, 0.1) is 22.9 Å². The molecule has 1 N–H and O–H groups in total. The first-order valence-corrected chi connectivity index (χ1v) is 5.66. The molecule has 2 aromatic rings. The van der Waals surface area contributed by atoms with Crippen LogP contribution in [-0.4, -0.2) is 15.8 Å². The Morgan fingerprint density at radius 3 is 2.75 bits per heavy atom. The van der Waals surface area contributed by atoms with Crippen molar-refractivity contribution in [1.29, 1.82) is 0 Å². The van der Waals surface area contributed by atoms with Crippen LogP contribution in [-0.2, 0) is 0 Å². The molecule has 0 saturated heterocycles. The average Bonchev–Trinajstić information content (AvgIpc) is 2.40. The monoisotopic (exact) mass is 275 g/mol. The maximum absolute atomic E-state index is 13.3. The lowest BCUT2D eigenvalue weighted by atomic mass is 10.1. The van der Waals surface area contributed by atoms with E-state index in [2.05, 4.69) is 10.3 Å². The molecule has 20 heavy (non-hydrogen) atoms. The maximum Gasteiger partial charge on any atom is 0.272 e. The number of nitrogens with one attached hydrogen (secondary N) is 1. The highest BCUT2D eigenvalue weighted by molar-refractivity contribution is 6.04. The van der Waals surface area contributed by atoms with Crippen molar-refractivity contribution >= 4 is 17.4 Å². The van der Waals surface area contributed by atoms with Crippen LogP contribution in [0.15, 0.2) is 36.5 Å². The predicted molar refractivity (Wildman–Crippen MR) is 70.0 cm³/mol. The molecule has 0 aliphatic carbocycles. The number of nitro benzene ring substituents is 1. The van der Waals surface area contributed by atoms with E-state index in [0.29, 0.717) is 5.56 Å². The molecule has 0 aliphatic rings. The van der Waals surface area contributed by atoms with Gasteiger partial charge >= 0.3 is 0 Å². The summed E-state index contributed by atoms with van der Waals surface area (Å²) >= 11 is 0. The number of carbonyl (C=O) groups is 1. The Balaban J connectivity index is 2.24. The summed E-state index contributed by atoms with van der Waals surface area (Å²) in [7, 11) is 0. The van der Waals surface area contributed by atoms with E-state index in [-0.39, 0.29) is 17.1 Å². The fourth-order valence-corrected chi connectivity index (χ4v) is 1.66. The molecule has 0 bridgehead atoms. The van der Waals surface area contributed by atoms with Crippen LogP contribution in [0.25, 0.3) is 0 Å². The van der Waals surface area contributed by atoms with Gasteiger partial charge in [-0.2, -0.15) is 0 Å². The van der Waals surface area contributed by atoms with Gasteiger partial charge in [-0.15, -0.1) is 0 Å². The molecular formula is C13H10FN3O3. The largest absolute Gasteiger partial charge is 0.304 e. The van der Waals surface area contributed by atoms with Crippen LogP contribution >= 0.6 is 0 Å². The minimum Gasteiger partial charge on any atom is -0.304 e. The van der Waals surface area contributed by atoms with Crippen molar-refractivity contribution in [2.24, 2.45) is 0 Å². The van der Waals surface area contributed by atoms with Crippen molar-refractivity contribution in [2.45, 2.75) is 6.92 Å². The summed E-state index contributed by atoms with van der Waals surface area (Å²) in [6.45, 7) is 1.52. The lowest BCUT2D eigenvalue weighted by molar-refractivity contribution is -0.385. The van der Waals surface area contributed by atoms with E-state index in [1.165, 1.54) is 43.5 Å². The number of aryl methyl sites for hydroxylation is 1. The molecule has 1 aromatic heterocycles. The second kappa shape index (κ2) is 5.43. The zero-order valence-corrected chi connectivity index (χ0v) is 10.5. The summed E-state index contributed by atoms with van der Waals surface area (Å²) in [6.07, 6.45) is 1.35. The van der Waals surface area contributed by atoms with Crippen LogP contribution in [0.2, 0.25) is 0 Å². The van der Waals surface area contributed by atoms with Crippen molar-refractivity contribution in [2.75, 3.05) is 5.32 Å². The molecular weight excluding hydrogens is 265 g/mol. The summed E-state index contributed by atoms with van der Waals surface area (Å²) in [5.41, 5.74) is 0.466. The third-order valence-electron chi connectivity index (χ3n) is 2.65. The number of benzene rings is 1. The first-order valence-electron chi connectivity index (χ1n) is 5.66. The summed E-state index contributed by atoms with van der Waals surface area (Å²) in [5.74, 6) is -1.42. The summed E-state index contributed by atoms with van der Waals surface area (Å²) < 4.78 is 13.3. The SMILES string of the molecule is Cc1cc(C(=O)Nc2ncccc2F)ccc1[N+](=O)[O-]. The fraction of sp³-hybridized carbons (Fsp3) is 0.0769. The van der Waals surface area contributed by atoms with Crippen molar-refractivity contribution < 1.29 is 14.1 Å². The topological polar surface area (TPSA) is 85.1 Å². The number of nitro groups is 1. The van der Waals surface area contributed by atoms with Crippen molar-refractivity contribution in [3.05, 3.63) is 63.6 Å². The number of nitrogens with zero attached hydrogens (tertiary/aromatic N) is 2. The zero-order chi connectivity index (χ0) is 14.7. The standard InChI is InChI=1S/C13H10FN3O3/c1-8-7-9(4-5-11(8)17(19)20)13(18)16-12-10(14)3-2-6-15-12/h2-7H,1H3,(H,15,16,18). The fourth-order valence-electron chi connectivity index (χ4n) is 1.66. The molecule has 7 heteroatoms. The number of carbonyl (C=O) groups excluding carboxylic acids is 1. The van der Waals surface area contributed by atoms with Gasteiger partial charge in [0.15, 0.2) is 11.6 Å². The molecule has 6 nitrogen and oxygen atoms in total. The second-order valence-electron chi connectivity index (χ2n) is 4.05. The number of pyridine rings is 1. The molecule has 0 aliphatic heterocycles. The lowest BCUT2D eigenvalue weighted by Crippen LogP contribution is -2.14. The van der Waals surface area contributed by atoms with Gasteiger partial charge in [0.2, 0.25) is 0 Å². The van der Waals surface area contributed by atoms with E-state index >= 15 is 0 Å². The van der Waals surface area contributed by atoms with Gasteiger partial charge in [0.25, 0.3) is 11.6 Å². The molecule has 102 valence electrons. The van der Waals surface area contributed by atoms with Crippen LogP contribution in [0.3, 0.4) is 0 Å². The summed E-state index contributed by atoms with van der Waals surface area (Å²) in [5, 5.41) is 13.0. The van der Waals surface area contributed by atoms with Crippen molar-refractivity contribution in [3.8, 4) is 0 Å². The van der Waals surface area contributed by atoms with Gasteiger partial charge in [-0.25, -0.2) is 9.37 Å². The van der Waals surface area contributed by atoms with Gasteiger partial charge in [-0.3, -0.25) is 14.9 Å². The molecule has 1 heterocycles. The Kier molecular flexibility index (Phi) is 3.69. The zero-order valence-electron chi connectivity index (χ0n) is 10.5. The van der Waals surface area contributed by atoms with Crippen LogP contribution in [0.1, 0.15) is 15.9 Å². The van der Waals surface area contributed by atoms with E-state index in [0.717, 1.165) is 0 Å². The van der Waals surface area contributed by atoms with Crippen LogP contribution in [0.5, 0.6) is 0 Å². The van der Waals surface area contributed by atoms with E-state index < -0.39 is 16.6 Å². The number of rotatable bonds is 3. The normalized spacial score (nSPS) is 10.1. The lowest BCUT2D eigenvalue weighted by Gasteiger charge is -2.06. The number of anilines is 1. The smallest absolute Gasteiger partial charge is 0.272 e. The average molecular weight is 275 g/mol. The number of hydrogen-bond acceptors (Lipinski definition) is 4. The second-order valence-corrected chi connectivity index (χ2v) is 4.05. The van der Waals surface area contributed by atoms with Crippen molar-refractivity contribution in [3.63, 3.8) is 0 Å². The maximum atomic E-state index is 13.3. The number of aromatic nitrogens is 1. The summed E-state index contributed by atoms with van der Waals surface area (Å²) in [6, 6.07) is 6.49. The molecule has 0 fully saturated rings. The highest BCUT2D eigenvalue weighted by Crippen LogP contribution is 2.19.